The zero-order valence-electron chi connectivity index (χ0n) is 11.6. The van der Waals surface area contributed by atoms with Gasteiger partial charge in [0.2, 0.25) is 5.95 Å². The normalized spacial score (nSPS) is 11.3. The third-order valence-electron chi connectivity index (χ3n) is 3.77. The summed E-state index contributed by atoms with van der Waals surface area (Å²) in [6.45, 7) is 2.07. The molecule has 21 heavy (non-hydrogen) atoms. The van der Waals surface area contributed by atoms with Crippen LogP contribution in [0.15, 0.2) is 54.7 Å². The van der Waals surface area contributed by atoms with Gasteiger partial charge in [0.1, 0.15) is 5.52 Å². The van der Waals surface area contributed by atoms with Gasteiger partial charge in [-0.3, -0.25) is 9.55 Å². The van der Waals surface area contributed by atoms with Gasteiger partial charge in [0.25, 0.3) is 0 Å². The Bertz CT molecular complexity index is 969. The van der Waals surface area contributed by atoms with Crippen LogP contribution in [0.4, 0.5) is 5.95 Å². The second-order valence-corrected chi connectivity index (χ2v) is 5.10. The third kappa shape index (κ3) is 1.69. The molecule has 4 nitrogen and oxygen atoms in total. The lowest BCUT2D eigenvalue weighted by molar-refractivity contribution is 1.09. The summed E-state index contributed by atoms with van der Waals surface area (Å²) in [7, 11) is 0. The summed E-state index contributed by atoms with van der Waals surface area (Å²) in [6.07, 6.45) is 1.78. The fraction of sp³-hybridized carbons (Fsp3) is 0.0588. The summed E-state index contributed by atoms with van der Waals surface area (Å²) in [5, 5.41) is 1.06. The van der Waals surface area contributed by atoms with Gasteiger partial charge in [-0.1, -0.05) is 36.4 Å². The molecule has 0 unspecified atom stereocenters. The molecule has 2 N–H and O–H groups in total. The van der Waals surface area contributed by atoms with Gasteiger partial charge >= 0.3 is 0 Å². The minimum absolute atomic E-state index is 0.484. The smallest absolute Gasteiger partial charge is 0.206 e. The first-order valence-corrected chi connectivity index (χ1v) is 6.83. The number of aryl methyl sites for hydroxylation is 1. The summed E-state index contributed by atoms with van der Waals surface area (Å²) in [4.78, 5) is 8.91. The van der Waals surface area contributed by atoms with Crippen molar-refractivity contribution < 1.29 is 0 Å². The lowest BCUT2D eigenvalue weighted by atomic mass is 10.1. The largest absolute Gasteiger partial charge is 0.369 e. The van der Waals surface area contributed by atoms with Crippen LogP contribution in [0.2, 0.25) is 0 Å². The molecule has 0 spiro atoms. The summed E-state index contributed by atoms with van der Waals surface area (Å²) in [6, 6.07) is 16.2. The number of hydrogen-bond donors (Lipinski definition) is 1. The second kappa shape index (κ2) is 4.31. The highest BCUT2D eigenvalue weighted by atomic mass is 15.2. The van der Waals surface area contributed by atoms with Crippen LogP contribution >= 0.6 is 0 Å². The van der Waals surface area contributed by atoms with Gasteiger partial charge in [-0.15, -0.1) is 0 Å². The lowest BCUT2D eigenvalue weighted by Crippen LogP contribution is -2.02. The van der Waals surface area contributed by atoms with Gasteiger partial charge in [-0.05, 0) is 24.6 Å². The van der Waals surface area contributed by atoms with Crippen LogP contribution in [0.1, 0.15) is 5.56 Å². The minimum Gasteiger partial charge on any atom is -0.369 e. The van der Waals surface area contributed by atoms with Crippen molar-refractivity contribution in [2.75, 3.05) is 5.73 Å². The van der Waals surface area contributed by atoms with Crippen molar-refractivity contribution in [3.63, 3.8) is 0 Å². The zero-order valence-corrected chi connectivity index (χ0v) is 11.6. The Labute approximate surface area is 121 Å². The third-order valence-corrected chi connectivity index (χ3v) is 3.77. The molecule has 4 aromatic rings. The standard InChI is InChI=1S/C17H14N4/c1-11-6-2-5-9-15(11)21-16-12-7-3-4-8-13(12)19-10-14(16)20-17(21)18/h2-10H,1H3,(H2,18,20). The van der Waals surface area contributed by atoms with Crippen molar-refractivity contribution in [3.8, 4) is 5.69 Å². The molecule has 2 aromatic heterocycles. The zero-order chi connectivity index (χ0) is 14.4. The fourth-order valence-corrected chi connectivity index (χ4v) is 2.78. The molecule has 0 aliphatic rings. The van der Waals surface area contributed by atoms with Gasteiger partial charge < -0.3 is 5.73 Å². The molecule has 0 amide bonds. The average molecular weight is 274 g/mol. The van der Waals surface area contributed by atoms with Crippen LogP contribution in [0.5, 0.6) is 0 Å². The van der Waals surface area contributed by atoms with E-state index >= 15 is 0 Å². The van der Waals surface area contributed by atoms with E-state index in [1.165, 1.54) is 0 Å². The molecular formula is C17H14N4. The van der Waals surface area contributed by atoms with Gasteiger partial charge in [0, 0.05) is 5.39 Å². The second-order valence-electron chi connectivity index (χ2n) is 5.10. The van der Waals surface area contributed by atoms with E-state index in [-0.39, 0.29) is 0 Å². The molecule has 0 saturated heterocycles. The maximum Gasteiger partial charge on any atom is 0.206 e. The van der Waals surface area contributed by atoms with E-state index < -0.39 is 0 Å². The number of nitrogens with zero attached hydrogens (tertiary/aromatic N) is 3. The summed E-state index contributed by atoms with van der Waals surface area (Å²) >= 11 is 0. The number of anilines is 1. The van der Waals surface area contributed by atoms with Crippen LogP contribution in [0.25, 0.3) is 27.6 Å². The van der Waals surface area contributed by atoms with Crippen molar-refractivity contribution in [3.05, 3.63) is 60.3 Å². The summed E-state index contributed by atoms with van der Waals surface area (Å²) < 4.78 is 2.01. The molecule has 2 heterocycles. The lowest BCUT2D eigenvalue weighted by Gasteiger charge is -2.10. The quantitative estimate of drug-likeness (QED) is 0.578. The van der Waals surface area contributed by atoms with Crippen LogP contribution in [-0.2, 0) is 0 Å². The molecule has 0 bridgehead atoms. The molecule has 102 valence electrons. The number of benzene rings is 2. The maximum atomic E-state index is 6.17. The number of nitrogens with two attached hydrogens (primary N) is 1. The van der Waals surface area contributed by atoms with E-state index in [4.69, 9.17) is 5.73 Å². The topological polar surface area (TPSA) is 56.7 Å². The summed E-state index contributed by atoms with van der Waals surface area (Å²) in [5.41, 5.74) is 11.1. The van der Waals surface area contributed by atoms with E-state index in [2.05, 4.69) is 35.1 Å². The molecule has 0 fully saturated rings. The number of fused-ring (bicyclic) bond motifs is 3. The maximum absolute atomic E-state index is 6.17. The Hall–Kier alpha value is -2.88. The minimum atomic E-state index is 0.484. The van der Waals surface area contributed by atoms with Crippen LogP contribution in [0.3, 0.4) is 0 Å². The molecule has 2 aromatic carbocycles. The Morgan fingerprint density at radius 2 is 1.71 bits per heavy atom. The number of para-hydroxylation sites is 2. The van der Waals surface area contributed by atoms with Gasteiger partial charge in [-0.25, -0.2) is 4.98 Å². The Morgan fingerprint density at radius 3 is 2.57 bits per heavy atom. The molecule has 0 radical (unpaired) electrons. The number of aromatic nitrogens is 3. The first-order valence-electron chi connectivity index (χ1n) is 6.83. The van der Waals surface area contributed by atoms with Crippen molar-refractivity contribution in [2.45, 2.75) is 6.92 Å². The number of nitrogen functional groups attached to an aromatic ring is 1. The number of imidazole rings is 1. The van der Waals surface area contributed by atoms with Crippen molar-refractivity contribution in [1.29, 1.82) is 0 Å². The van der Waals surface area contributed by atoms with E-state index in [0.29, 0.717) is 5.95 Å². The molecule has 0 saturated carbocycles. The van der Waals surface area contributed by atoms with Crippen molar-refractivity contribution in [2.24, 2.45) is 0 Å². The van der Waals surface area contributed by atoms with Gasteiger partial charge in [0.15, 0.2) is 0 Å². The van der Waals surface area contributed by atoms with Crippen LogP contribution in [0, 0.1) is 6.92 Å². The Morgan fingerprint density at radius 1 is 0.952 bits per heavy atom. The SMILES string of the molecule is Cc1ccccc1-n1c(N)nc2cnc3ccccc3c21. The Balaban J connectivity index is 2.21. The molecule has 4 heteroatoms. The highest BCUT2D eigenvalue weighted by Crippen LogP contribution is 2.29. The first kappa shape index (κ1) is 11.9. The summed E-state index contributed by atoms with van der Waals surface area (Å²) in [5.74, 6) is 0.484. The van der Waals surface area contributed by atoms with Crippen molar-refractivity contribution >= 4 is 27.9 Å². The molecule has 0 aliphatic carbocycles. The first-order chi connectivity index (χ1) is 10.3. The molecular weight excluding hydrogens is 260 g/mol. The monoisotopic (exact) mass is 274 g/mol. The van der Waals surface area contributed by atoms with Gasteiger partial charge in [0.05, 0.1) is 22.9 Å². The highest BCUT2D eigenvalue weighted by Gasteiger charge is 2.14. The van der Waals surface area contributed by atoms with Crippen LogP contribution < -0.4 is 5.73 Å². The molecule has 0 atom stereocenters. The van der Waals surface area contributed by atoms with E-state index in [0.717, 1.165) is 33.2 Å². The van der Waals surface area contributed by atoms with E-state index in [9.17, 15) is 0 Å². The van der Waals surface area contributed by atoms with E-state index in [1.807, 2.05) is 34.9 Å². The number of rotatable bonds is 1. The van der Waals surface area contributed by atoms with E-state index in [1.54, 1.807) is 6.20 Å². The average Bonchev–Trinajstić information content (AvgIpc) is 2.84. The molecule has 4 rings (SSSR count). The number of pyridine rings is 1. The molecule has 0 aliphatic heterocycles. The van der Waals surface area contributed by atoms with Crippen LogP contribution in [-0.4, -0.2) is 14.5 Å². The number of hydrogen-bond acceptors (Lipinski definition) is 3. The Kier molecular flexibility index (Phi) is 2.44. The highest BCUT2D eigenvalue weighted by molar-refractivity contribution is 6.03. The predicted octanol–water partition coefficient (Wildman–Crippen LogP) is 3.46. The van der Waals surface area contributed by atoms with Crippen molar-refractivity contribution in [1.82, 2.24) is 14.5 Å². The van der Waals surface area contributed by atoms with Gasteiger partial charge in [-0.2, -0.15) is 0 Å². The fourth-order valence-electron chi connectivity index (χ4n) is 2.78. The predicted molar refractivity (Wildman–Crippen MR) is 85.5 cm³/mol.